The summed E-state index contributed by atoms with van der Waals surface area (Å²) in [6.07, 6.45) is 2.68. The Bertz CT molecular complexity index is 590. The van der Waals surface area contributed by atoms with Crippen molar-refractivity contribution in [1.82, 2.24) is 4.72 Å². The second kappa shape index (κ2) is 8.20. The molecule has 21 heavy (non-hydrogen) atoms. The Morgan fingerprint density at radius 3 is 2.67 bits per heavy atom. The van der Waals surface area contributed by atoms with E-state index in [0.29, 0.717) is 13.1 Å². The first kappa shape index (κ1) is 17.7. The molecule has 2 N–H and O–H groups in total. The second-order valence-corrected chi connectivity index (χ2v) is 6.96. The van der Waals surface area contributed by atoms with Crippen molar-refractivity contribution in [3.8, 4) is 0 Å². The molecule has 0 radical (unpaired) electrons. The lowest BCUT2D eigenvalue weighted by Crippen LogP contribution is -2.25. The molecule has 118 valence electrons. The molecule has 0 saturated carbocycles. The van der Waals surface area contributed by atoms with E-state index in [1.807, 2.05) is 6.26 Å². The lowest BCUT2D eigenvalue weighted by molar-refractivity contribution is -0.384. The van der Waals surface area contributed by atoms with Gasteiger partial charge in [-0.2, -0.15) is 11.8 Å². The third kappa shape index (κ3) is 5.18. The van der Waals surface area contributed by atoms with Gasteiger partial charge in [-0.3, -0.25) is 10.1 Å². The highest BCUT2D eigenvalue weighted by Gasteiger charge is 2.19. The Balaban J connectivity index is 2.96. The molecule has 9 heteroatoms. The van der Waals surface area contributed by atoms with Crippen LogP contribution in [-0.2, 0) is 10.0 Å². The van der Waals surface area contributed by atoms with E-state index in [9.17, 15) is 18.5 Å². The molecule has 0 aliphatic carbocycles. The van der Waals surface area contributed by atoms with Gasteiger partial charge in [-0.1, -0.05) is 0 Å². The smallest absolute Gasteiger partial charge is 0.292 e. The Labute approximate surface area is 128 Å². The largest absolute Gasteiger partial charge is 0.380 e. The summed E-state index contributed by atoms with van der Waals surface area (Å²) in [6, 6.07) is 3.74. The van der Waals surface area contributed by atoms with E-state index in [1.165, 1.54) is 18.2 Å². The van der Waals surface area contributed by atoms with Gasteiger partial charge in [0.15, 0.2) is 0 Å². The SMILES string of the molecule is CCNc1cc(S(=O)(=O)NCCCSC)ccc1[N+](=O)[O-]. The number of nitro benzene ring substituents is 1. The van der Waals surface area contributed by atoms with E-state index in [2.05, 4.69) is 10.0 Å². The molecule has 0 heterocycles. The standard InChI is InChI=1S/C12H19N3O4S2/c1-3-13-11-9-10(5-6-12(11)15(16)17)21(18,19)14-7-4-8-20-2/h5-6,9,13-14H,3-4,7-8H2,1-2H3. The fraction of sp³-hybridized carbons (Fsp3) is 0.500. The van der Waals surface area contributed by atoms with Crippen LogP contribution in [0.1, 0.15) is 13.3 Å². The zero-order chi connectivity index (χ0) is 15.9. The number of thioether (sulfide) groups is 1. The summed E-state index contributed by atoms with van der Waals surface area (Å²) in [4.78, 5) is 10.4. The van der Waals surface area contributed by atoms with E-state index < -0.39 is 14.9 Å². The quantitative estimate of drug-likeness (QED) is 0.407. The predicted octanol–water partition coefficient (Wildman–Crippen LogP) is 2.06. The molecule has 0 amide bonds. The van der Waals surface area contributed by atoms with Crippen molar-refractivity contribution >= 4 is 33.2 Å². The molecule has 0 aliphatic rings. The van der Waals surface area contributed by atoms with E-state index in [4.69, 9.17) is 0 Å². The second-order valence-electron chi connectivity index (χ2n) is 4.21. The first-order chi connectivity index (χ1) is 9.92. The maximum atomic E-state index is 12.1. The zero-order valence-corrected chi connectivity index (χ0v) is 13.6. The van der Waals surface area contributed by atoms with Gasteiger partial charge < -0.3 is 5.32 Å². The van der Waals surface area contributed by atoms with Crippen LogP contribution in [0, 0.1) is 10.1 Å². The number of hydrogen-bond acceptors (Lipinski definition) is 6. The van der Waals surface area contributed by atoms with Gasteiger partial charge in [0, 0.05) is 19.2 Å². The van der Waals surface area contributed by atoms with Crippen molar-refractivity contribution in [2.45, 2.75) is 18.2 Å². The molecule has 0 atom stereocenters. The van der Waals surface area contributed by atoms with Crippen LogP contribution in [0.4, 0.5) is 11.4 Å². The average molecular weight is 333 g/mol. The van der Waals surface area contributed by atoms with Crippen LogP contribution in [0.5, 0.6) is 0 Å². The van der Waals surface area contributed by atoms with Gasteiger partial charge in [-0.25, -0.2) is 13.1 Å². The summed E-state index contributed by atoms with van der Waals surface area (Å²) in [5.41, 5.74) is 0.0627. The number of benzene rings is 1. The molecule has 0 bridgehead atoms. The normalized spacial score (nSPS) is 11.3. The van der Waals surface area contributed by atoms with Gasteiger partial charge in [0.1, 0.15) is 5.69 Å². The van der Waals surface area contributed by atoms with Gasteiger partial charge in [0.05, 0.1) is 9.82 Å². The molecule has 1 rings (SSSR count). The van der Waals surface area contributed by atoms with E-state index in [-0.39, 0.29) is 16.3 Å². The highest BCUT2D eigenvalue weighted by atomic mass is 32.2. The number of nitrogens with zero attached hydrogens (tertiary/aromatic N) is 1. The van der Waals surface area contributed by atoms with Crippen LogP contribution >= 0.6 is 11.8 Å². The first-order valence-electron chi connectivity index (χ1n) is 6.43. The Morgan fingerprint density at radius 1 is 1.38 bits per heavy atom. The van der Waals surface area contributed by atoms with Crippen molar-refractivity contribution in [2.24, 2.45) is 0 Å². The highest BCUT2D eigenvalue weighted by molar-refractivity contribution is 7.98. The van der Waals surface area contributed by atoms with Gasteiger partial charge in [0.25, 0.3) is 5.69 Å². The number of nitrogens with one attached hydrogen (secondary N) is 2. The van der Waals surface area contributed by atoms with Crippen LogP contribution < -0.4 is 10.0 Å². The van der Waals surface area contributed by atoms with Gasteiger partial charge in [-0.15, -0.1) is 0 Å². The minimum Gasteiger partial charge on any atom is -0.380 e. The summed E-state index contributed by atoms with van der Waals surface area (Å²) < 4.78 is 26.7. The minimum atomic E-state index is -3.65. The monoisotopic (exact) mass is 333 g/mol. The lowest BCUT2D eigenvalue weighted by atomic mass is 10.2. The van der Waals surface area contributed by atoms with Crippen LogP contribution in [-0.4, -0.2) is 38.4 Å². The van der Waals surface area contributed by atoms with Crippen molar-refractivity contribution in [1.29, 1.82) is 0 Å². The minimum absolute atomic E-state index is 0.0215. The predicted molar refractivity (Wildman–Crippen MR) is 85.4 cm³/mol. The molecule has 0 saturated heterocycles. The summed E-state index contributed by atoms with van der Waals surface area (Å²) in [5, 5.41) is 13.7. The van der Waals surface area contributed by atoms with Crippen LogP contribution in [0.2, 0.25) is 0 Å². The molecular weight excluding hydrogens is 314 g/mol. The lowest BCUT2D eigenvalue weighted by Gasteiger charge is -2.09. The molecule has 0 spiro atoms. The summed E-state index contributed by atoms with van der Waals surface area (Å²) in [7, 11) is -3.65. The number of sulfonamides is 1. The number of hydrogen-bond donors (Lipinski definition) is 2. The third-order valence-electron chi connectivity index (χ3n) is 2.66. The average Bonchev–Trinajstić information content (AvgIpc) is 2.43. The van der Waals surface area contributed by atoms with Crippen molar-refractivity contribution in [2.75, 3.05) is 30.4 Å². The molecule has 0 fully saturated rings. The fourth-order valence-electron chi connectivity index (χ4n) is 1.68. The zero-order valence-electron chi connectivity index (χ0n) is 12.0. The van der Waals surface area contributed by atoms with Crippen LogP contribution in [0.15, 0.2) is 23.1 Å². The maximum Gasteiger partial charge on any atom is 0.292 e. The van der Waals surface area contributed by atoms with Crippen molar-refractivity contribution in [3.63, 3.8) is 0 Å². The summed E-state index contributed by atoms with van der Waals surface area (Å²) in [5.74, 6) is 0.866. The Hall–Kier alpha value is -1.32. The Kier molecular flexibility index (Phi) is 6.93. The summed E-state index contributed by atoms with van der Waals surface area (Å²) >= 11 is 1.64. The molecular formula is C12H19N3O4S2. The molecule has 0 aliphatic heterocycles. The molecule has 1 aromatic rings. The topological polar surface area (TPSA) is 101 Å². The van der Waals surface area contributed by atoms with E-state index in [0.717, 1.165) is 12.2 Å². The van der Waals surface area contributed by atoms with Gasteiger partial charge >= 0.3 is 0 Å². The number of rotatable bonds is 9. The van der Waals surface area contributed by atoms with Gasteiger partial charge in [-0.05, 0) is 37.5 Å². The maximum absolute atomic E-state index is 12.1. The fourth-order valence-corrected chi connectivity index (χ4v) is 3.21. The molecule has 0 aromatic heterocycles. The van der Waals surface area contributed by atoms with Crippen LogP contribution in [0.3, 0.4) is 0 Å². The van der Waals surface area contributed by atoms with E-state index >= 15 is 0 Å². The van der Waals surface area contributed by atoms with Crippen molar-refractivity contribution < 1.29 is 13.3 Å². The molecule has 0 unspecified atom stereocenters. The molecule has 7 nitrogen and oxygen atoms in total. The van der Waals surface area contributed by atoms with Crippen LogP contribution in [0.25, 0.3) is 0 Å². The number of anilines is 1. The Morgan fingerprint density at radius 2 is 2.10 bits per heavy atom. The summed E-state index contributed by atoms with van der Waals surface area (Å²) in [6.45, 7) is 2.59. The third-order valence-corrected chi connectivity index (χ3v) is 4.82. The van der Waals surface area contributed by atoms with E-state index in [1.54, 1.807) is 18.7 Å². The molecule has 1 aromatic carbocycles. The van der Waals surface area contributed by atoms with Gasteiger partial charge in [0.2, 0.25) is 10.0 Å². The highest BCUT2D eigenvalue weighted by Crippen LogP contribution is 2.27. The van der Waals surface area contributed by atoms with Crippen molar-refractivity contribution in [3.05, 3.63) is 28.3 Å². The first-order valence-corrected chi connectivity index (χ1v) is 9.31. The number of nitro groups is 1.